The fraction of sp³-hybridized carbons (Fsp3) is 0. The minimum Gasteiger partial charge on any atom is -2.00 e. The van der Waals surface area contributed by atoms with E-state index in [4.69, 9.17) is 30.6 Å². The maximum Gasteiger partial charge on any atom is -2.00 e. The molecular formula is C4H8Mo3N4O7S8. The van der Waals surface area contributed by atoms with E-state index in [2.05, 4.69) is 71.8 Å². The first kappa shape index (κ1) is 70.9. The summed E-state index contributed by atoms with van der Waals surface area (Å²) in [5.41, 5.74) is 17.1. The van der Waals surface area contributed by atoms with Crippen LogP contribution >= 0.6 is 48.9 Å². The topological polar surface area (TPSA) is 248 Å². The summed E-state index contributed by atoms with van der Waals surface area (Å²) in [6.07, 6.45) is 0. The fourth-order valence-electron chi connectivity index (χ4n) is 0. The van der Waals surface area contributed by atoms with Gasteiger partial charge < -0.3 is 97.3 Å². The summed E-state index contributed by atoms with van der Waals surface area (Å²) in [5, 5.41) is 33.1. The number of hydrogen-bond acceptors (Lipinski definition) is 11. The van der Waals surface area contributed by atoms with Crippen LogP contribution in [0.4, 0.5) is 0 Å². The van der Waals surface area contributed by atoms with Crippen LogP contribution in [0.5, 0.6) is 0 Å². The van der Waals surface area contributed by atoms with Crippen molar-refractivity contribution in [2.45, 2.75) is 0 Å². The van der Waals surface area contributed by atoms with Crippen LogP contribution in [-0.2, 0) is 124 Å². The van der Waals surface area contributed by atoms with Gasteiger partial charge in [-0.3, -0.25) is 0 Å². The van der Waals surface area contributed by atoms with E-state index in [1.165, 1.54) is 0 Å². The second-order valence-electron chi connectivity index (χ2n) is 1.28. The Labute approximate surface area is 233 Å². The molecule has 152 valence electrons. The molecule has 0 aromatic carbocycles. The van der Waals surface area contributed by atoms with Gasteiger partial charge in [0.15, 0.2) is 0 Å². The Morgan fingerprint density at radius 3 is 0.462 bits per heavy atom. The van der Waals surface area contributed by atoms with Gasteiger partial charge in [0, 0.05) is 20.7 Å². The first-order chi connectivity index (χ1) is 9.93. The van der Waals surface area contributed by atoms with Gasteiger partial charge in [-0.15, -0.1) is 0 Å². The standard InChI is InChI=1S/4CH3NOS.3Mo.3O.4S/c4*2-1(3)4;;;;;;;;;;/h4*(H3,2,3,4);;;;;;;;;;/q;;;;3*+4;;;;4*-2/p-4. The van der Waals surface area contributed by atoms with E-state index in [1.807, 2.05) is 0 Å². The Bertz CT molecular complexity index is 230. The van der Waals surface area contributed by atoms with Crippen molar-refractivity contribution in [1.29, 1.82) is 0 Å². The van der Waals surface area contributed by atoms with E-state index in [0.717, 1.165) is 0 Å². The molecule has 0 aromatic heterocycles. The zero-order valence-corrected chi connectivity index (χ0v) is 24.2. The van der Waals surface area contributed by atoms with Gasteiger partial charge in [0.25, 0.3) is 0 Å². The molecule has 0 saturated heterocycles. The van der Waals surface area contributed by atoms with Gasteiger partial charge in [0.1, 0.15) is 0 Å². The van der Waals surface area contributed by atoms with Crippen LogP contribution in [0.3, 0.4) is 0 Å². The maximum atomic E-state index is 9.04. The second kappa shape index (κ2) is 94.2. The second-order valence-corrected chi connectivity index (χ2v) is 2.89. The van der Waals surface area contributed by atoms with Gasteiger partial charge in [0.05, 0.1) is 0 Å². The molecule has 0 amide bonds. The van der Waals surface area contributed by atoms with Crippen LogP contribution in [0.15, 0.2) is 0 Å². The van der Waals surface area contributed by atoms with Crippen molar-refractivity contribution in [2.75, 3.05) is 0 Å². The zero-order valence-electron chi connectivity index (χ0n) is 11.7. The third-order valence-corrected chi connectivity index (χ3v) is 0. The van der Waals surface area contributed by atoms with Crippen molar-refractivity contribution in [2.24, 2.45) is 22.9 Å². The van der Waals surface area contributed by atoms with E-state index in [0.29, 0.717) is 59.3 Å². The first-order valence-electron chi connectivity index (χ1n) is 3.29. The molecule has 0 bridgehead atoms. The molecule has 11 nitrogen and oxygen atoms in total. The van der Waals surface area contributed by atoms with Crippen LogP contribution in [-0.4, -0.2) is 20.7 Å². The van der Waals surface area contributed by atoms with Gasteiger partial charge in [-0.2, -0.15) is 0 Å². The molecule has 0 atom stereocenters. The van der Waals surface area contributed by atoms with Crippen LogP contribution in [0.1, 0.15) is 0 Å². The first-order valence-corrected chi connectivity index (χ1v) is 7.38. The SMILES string of the molecule is NC([O-])=S.NC([O-])=S.NC([O-])=S.NC([O-])=S.[O]=[Mo+4].[O]=[Mo+4].[O]=[Mo+4].[S-2].[S-2].[S-2].[S-2]. The largest absolute Gasteiger partial charge is 2.00 e. The molecule has 0 aliphatic carbocycles. The summed E-state index contributed by atoms with van der Waals surface area (Å²) in [5.74, 6) is 0. The molecule has 0 aliphatic heterocycles. The normalized spacial score (nSPS) is 4.38. The van der Waals surface area contributed by atoms with Crippen molar-refractivity contribution in [3.8, 4) is 0 Å². The minimum absolute atomic E-state index is 0. The van der Waals surface area contributed by atoms with Gasteiger partial charge >= 0.3 is 69.5 Å². The minimum atomic E-state index is -0.750. The number of thiocarbonyl (C=S) groups is 4. The van der Waals surface area contributed by atoms with Crippen LogP contribution in [0, 0.1) is 0 Å². The van der Waals surface area contributed by atoms with E-state index in [1.54, 1.807) is 0 Å². The summed E-state index contributed by atoms with van der Waals surface area (Å²) in [4.78, 5) is 0. The van der Waals surface area contributed by atoms with E-state index in [-0.39, 0.29) is 54.0 Å². The predicted octanol–water partition coefficient (Wildman–Crippen LogP) is -6.01. The molecule has 26 heavy (non-hydrogen) atoms. The van der Waals surface area contributed by atoms with Crippen LogP contribution < -0.4 is 43.4 Å². The Morgan fingerprint density at radius 1 is 0.462 bits per heavy atom. The molecule has 8 N–H and O–H groups in total. The molecule has 0 unspecified atom stereocenters. The Morgan fingerprint density at radius 2 is 0.462 bits per heavy atom. The molecule has 0 radical (unpaired) electrons. The van der Waals surface area contributed by atoms with Crippen molar-refractivity contribution < 1.29 is 90.0 Å². The Balaban J connectivity index is -0.0000000112. The predicted molar refractivity (Wildman–Crippen MR) is 98.7 cm³/mol. The summed E-state index contributed by atoms with van der Waals surface area (Å²) in [6.45, 7) is 0. The Kier molecular flexibility index (Phi) is 257. The van der Waals surface area contributed by atoms with Gasteiger partial charge in [-0.1, -0.05) is 48.9 Å². The molecule has 0 fully saturated rings. The fourth-order valence-corrected chi connectivity index (χ4v) is 0. The van der Waals surface area contributed by atoms with E-state index >= 15 is 0 Å². The molecule has 0 saturated carbocycles. The van der Waals surface area contributed by atoms with Crippen molar-refractivity contribution in [3.63, 3.8) is 0 Å². The smallest absolute Gasteiger partial charge is 2.00 e. The zero-order chi connectivity index (χ0) is 20.3. The van der Waals surface area contributed by atoms with E-state index in [9.17, 15) is 0 Å². The molecule has 0 rings (SSSR count). The summed E-state index contributed by atoms with van der Waals surface area (Å²) in [6, 6.07) is 0. The summed E-state index contributed by atoms with van der Waals surface area (Å²) < 4.78 is 24.8. The molecule has 0 aliphatic rings. The van der Waals surface area contributed by atoms with Crippen LogP contribution in [0.2, 0.25) is 0 Å². The van der Waals surface area contributed by atoms with Crippen molar-refractivity contribution in [3.05, 3.63) is 0 Å². The summed E-state index contributed by atoms with van der Waals surface area (Å²) >= 11 is 17.1. The van der Waals surface area contributed by atoms with Gasteiger partial charge in [-0.25, -0.2) is 0 Å². The van der Waals surface area contributed by atoms with Gasteiger partial charge in [0.2, 0.25) is 0 Å². The molecule has 0 heterocycles. The van der Waals surface area contributed by atoms with Crippen molar-refractivity contribution >= 4 is 124 Å². The van der Waals surface area contributed by atoms with Crippen LogP contribution in [0.25, 0.3) is 0 Å². The molecule has 0 spiro atoms. The number of hydrogen-bond donors (Lipinski definition) is 4. The molecule has 0 aromatic rings. The monoisotopic (exact) mass is 774 g/mol. The maximum absolute atomic E-state index is 9.04. The third kappa shape index (κ3) is 5880. The number of rotatable bonds is 0. The molecular weight excluding hydrogens is 760 g/mol. The third-order valence-electron chi connectivity index (χ3n) is 0. The number of nitrogens with two attached hydrogens (primary N) is 4. The molecule has 22 heteroatoms. The van der Waals surface area contributed by atoms with Crippen molar-refractivity contribution in [1.82, 2.24) is 0 Å². The Hall–Kier alpha value is 1.62. The average Bonchev–Trinajstić information content (AvgIpc) is 2.33. The quantitative estimate of drug-likeness (QED) is 0.132. The van der Waals surface area contributed by atoms with E-state index < -0.39 is 20.7 Å². The van der Waals surface area contributed by atoms with Gasteiger partial charge in [-0.05, 0) is 0 Å². The summed E-state index contributed by atoms with van der Waals surface area (Å²) in [7, 11) is 0. The average molecular weight is 768 g/mol.